The minimum absolute atomic E-state index is 0.0536. The number of thiophene rings is 1. The second-order valence-electron chi connectivity index (χ2n) is 5.37. The van der Waals surface area contributed by atoms with Crippen molar-refractivity contribution >= 4 is 31.6 Å². The predicted octanol–water partition coefficient (Wildman–Crippen LogP) is 3.92. The van der Waals surface area contributed by atoms with Gasteiger partial charge < -0.3 is 4.74 Å². The van der Waals surface area contributed by atoms with Gasteiger partial charge in [0.25, 0.3) is 5.56 Å². The van der Waals surface area contributed by atoms with E-state index in [2.05, 4.69) is 4.98 Å². The number of ether oxygens (including phenoxy) is 1. The van der Waals surface area contributed by atoms with E-state index in [1.54, 1.807) is 18.0 Å². The molecule has 0 unspecified atom stereocenters. The molecule has 0 amide bonds. The van der Waals surface area contributed by atoms with Gasteiger partial charge in [-0.2, -0.15) is 0 Å². The largest absolute Gasteiger partial charge is 0.496 e. The molecule has 0 spiro atoms. The summed E-state index contributed by atoms with van der Waals surface area (Å²) in [5.74, 6) is 0.744. The Morgan fingerprint density at radius 1 is 1.13 bits per heavy atom. The molecule has 114 valence electrons. The highest BCUT2D eigenvalue weighted by atomic mass is 32.1. The van der Waals surface area contributed by atoms with Gasteiger partial charge in [-0.3, -0.25) is 9.36 Å². The number of hydrogen-bond acceptors (Lipinski definition) is 4. The lowest BCUT2D eigenvalue weighted by molar-refractivity contribution is 0.420. The molecule has 0 saturated carbocycles. The zero-order valence-electron chi connectivity index (χ0n) is 12.7. The van der Waals surface area contributed by atoms with E-state index in [0.717, 1.165) is 27.1 Å². The van der Waals surface area contributed by atoms with Gasteiger partial charge in [0, 0.05) is 4.70 Å². The second-order valence-corrected chi connectivity index (χ2v) is 6.42. The summed E-state index contributed by atoms with van der Waals surface area (Å²) >= 11 is 1.45. The first-order chi connectivity index (χ1) is 11.2. The van der Waals surface area contributed by atoms with Crippen molar-refractivity contribution < 1.29 is 4.74 Å². The number of aryl methyl sites for hydroxylation is 1. The van der Waals surface area contributed by atoms with Crippen LogP contribution in [-0.2, 0) is 0 Å². The van der Waals surface area contributed by atoms with Crippen LogP contribution in [0.15, 0.2) is 53.6 Å². The van der Waals surface area contributed by atoms with Crippen LogP contribution in [0.4, 0.5) is 0 Å². The first-order valence-corrected chi connectivity index (χ1v) is 8.04. The highest BCUT2D eigenvalue weighted by molar-refractivity contribution is 7.25. The molecular formula is C18H14N2O2S. The molecule has 0 atom stereocenters. The molecule has 23 heavy (non-hydrogen) atoms. The van der Waals surface area contributed by atoms with Gasteiger partial charge in [0.05, 0.1) is 23.7 Å². The molecular weight excluding hydrogens is 308 g/mol. The van der Waals surface area contributed by atoms with E-state index in [1.807, 2.05) is 49.4 Å². The van der Waals surface area contributed by atoms with Crippen molar-refractivity contribution in [2.24, 2.45) is 0 Å². The van der Waals surface area contributed by atoms with Crippen LogP contribution in [0.2, 0.25) is 0 Å². The Balaban J connectivity index is 2.04. The van der Waals surface area contributed by atoms with E-state index in [1.165, 1.54) is 11.3 Å². The van der Waals surface area contributed by atoms with E-state index < -0.39 is 0 Å². The number of fused-ring (bicyclic) bond motifs is 3. The van der Waals surface area contributed by atoms with Gasteiger partial charge in [-0.15, -0.1) is 11.3 Å². The summed E-state index contributed by atoms with van der Waals surface area (Å²) < 4.78 is 8.66. The van der Waals surface area contributed by atoms with E-state index >= 15 is 0 Å². The van der Waals surface area contributed by atoms with Crippen LogP contribution in [0.25, 0.3) is 26.0 Å². The molecule has 4 nitrogen and oxygen atoms in total. The normalized spacial score (nSPS) is 11.2. The van der Waals surface area contributed by atoms with Crippen LogP contribution in [0.1, 0.15) is 5.56 Å². The second kappa shape index (κ2) is 5.21. The lowest BCUT2D eigenvalue weighted by Gasteiger charge is -2.05. The highest BCUT2D eigenvalue weighted by Crippen LogP contribution is 2.36. The summed E-state index contributed by atoms with van der Waals surface area (Å²) in [4.78, 5) is 17.4. The zero-order chi connectivity index (χ0) is 16.0. The molecule has 0 aliphatic carbocycles. The molecule has 2 aromatic heterocycles. The van der Waals surface area contributed by atoms with Gasteiger partial charge in [-0.25, -0.2) is 4.98 Å². The van der Waals surface area contributed by atoms with Crippen molar-refractivity contribution in [2.75, 3.05) is 7.11 Å². The highest BCUT2D eigenvalue weighted by Gasteiger charge is 2.15. The molecule has 0 fully saturated rings. The van der Waals surface area contributed by atoms with E-state index in [4.69, 9.17) is 4.74 Å². The average molecular weight is 322 g/mol. The topological polar surface area (TPSA) is 44.1 Å². The number of benzene rings is 2. The monoisotopic (exact) mass is 322 g/mol. The Morgan fingerprint density at radius 2 is 1.91 bits per heavy atom. The Bertz CT molecular complexity index is 1080. The fourth-order valence-electron chi connectivity index (χ4n) is 2.71. The Hall–Kier alpha value is -2.66. The molecule has 0 aliphatic rings. The molecule has 0 N–H and O–H groups in total. The summed E-state index contributed by atoms with van der Waals surface area (Å²) in [7, 11) is 1.63. The molecule has 4 rings (SSSR count). The maximum Gasteiger partial charge on any atom is 0.275 e. The third-order valence-corrected chi connectivity index (χ3v) is 5.03. The van der Waals surface area contributed by atoms with E-state index in [-0.39, 0.29) is 5.56 Å². The van der Waals surface area contributed by atoms with E-state index in [9.17, 15) is 4.79 Å². The van der Waals surface area contributed by atoms with Crippen LogP contribution >= 0.6 is 11.3 Å². The molecule has 0 bridgehead atoms. The molecule has 0 radical (unpaired) electrons. The molecule has 4 aromatic rings. The quantitative estimate of drug-likeness (QED) is 0.562. The number of nitrogens with zero attached hydrogens (tertiary/aromatic N) is 2. The number of methoxy groups -OCH3 is 1. The number of hydrogen-bond donors (Lipinski definition) is 0. The van der Waals surface area contributed by atoms with Gasteiger partial charge in [0.2, 0.25) is 0 Å². The van der Waals surface area contributed by atoms with Crippen molar-refractivity contribution in [3.63, 3.8) is 0 Å². The van der Waals surface area contributed by atoms with Crippen molar-refractivity contribution in [1.82, 2.24) is 9.55 Å². The number of aromatic nitrogens is 2. The first kappa shape index (κ1) is 14.0. The summed E-state index contributed by atoms with van der Waals surface area (Å²) in [6.07, 6.45) is 1.59. The fraction of sp³-hybridized carbons (Fsp3) is 0.111. The van der Waals surface area contributed by atoms with Crippen LogP contribution in [0, 0.1) is 6.92 Å². The van der Waals surface area contributed by atoms with E-state index in [0.29, 0.717) is 10.2 Å². The summed E-state index contributed by atoms with van der Waals surface area (Å²) in [6, 6.07) is 13.6. The summed E-state index contributed by atoms with van der Waals surface area (Å²) in [5, 5.41) is 0.906. The van der Waals surface area contributed by atoms with Gasteiger partial charge >= 0.3 is 0 Å². The zero-order valence-corrected chi connectivity index (χ0v) is 13.6. The Morgan fingerprint density at radius 3 is 2.65 bits per heavy atom. The van der Waals surface area contributed by atoms with Crippen LogP contribution in [-0.4, -0.2) is 16.7 Å². The molecule has 0 saturated heterocycles. The van der Waals surface area contributed by atoms with Crippen molar-refractivity contribution in [2.45, 2.75) is 6.92 Å². The Labute approximate surface area is 136 Å². The molecule has 2 heterocycles. The third kappa shape index (κ3) is 2.12. The summed E-state index contributed by atoms with van der Waals surface area (Å²) in [5.41, 5.74) is 2.62. The maximum atomic E-state index is 12.9. The molecule has 2 aromatic carbocycles. The van der Waals surface area contributed by atoms with Gasteiger partial charge in [-0.1, -0.05) is 23.8 Å². The first-order valence-electron chi connectivity index (χ1n) is 7.23. The van der Waals surface area contributed by atoms with Crippen molar-refractivity contribution in [3.8, 4) is 11.4 Å². The van der Waals surface area contributed by atoms with Gasteiger partial charge in [-0.05, 0) is 31.2 Å². The van der Waals surface area contributed by atoms with Crippen molar-refractivity contribution in [1.29, 1.82) is 0 Å². The Kier molecular flexibility index (Phi) is 3.16. The smallest absolute Gasteiger partial charge is 0.275 e. The summed E-state index contributed by atoms with van der Waals surface area (Å²) in [6.45, 7) is 2.02. The SMILES string of the molecule is COc1cccc2sc3c(=O)n(-c4ccc(C)cc4)cnc3c12. The number of rotatable bonds is 2. The van der Waals surface area contributed by atoms with Gasteiger partial charge in [0.1, 0.15) is 16.8 Å². The third-order valence-electron chi connectivity index (χ3n) is 3.90. The fourth-order valence-corrected chi connectivity index (χ4v) is 3.81. The standard InChI is InChI=1S/C18H14N2O2S/c1-11-6-8-12(9-7-11)20-10-19-16-15-13(22-2)4-3-5-14(15)23-17(16)18(20)21/h3-10H,1-2H3. The predicted molar refractivity (Wildman–Crippen MR) is 94.0 cm³/mol. The minimum atomic E-state index is -0.0536. The maximum absolute atomic E-state index is 12.9. The van der Waals surface area contributed by atoms with Crippen LogP contribution < -0.4 is 10.3 Å². The lowest BCUT2D eigenvalue weighted by atomic mass is 10.2. The van der Waals surface area contributed by atoms with Gasteiger partial charge in [0.15, 0.2) is 0 Å². The molecule has 0 aliphatic heterocycles. The molecule has 5 heteroatoms. The minimum Gasteiger partial charge on any atom is -0.496 e. The van der Waals surface area contributed by atoms with Crippen LogP contribution in [0.3, 0.4) is 0 Å². The van der Waals surface area contributed by atoms with Crippen molar-refractivity contribution in [3.05, 3.63) is 64.7 Å². The van der Waals surface area contributed by atoms with Crippen LogP contribution in [0.5, 0.6) is 5.75 Å². The average Bonchev–Trinajstić information content (AvgIpc) is 2.96. The lowest BCUT2D eigenvalue weighted by Crippen LogP contribution is -2.17.